The second kappa shape index (κ2) is 8.50. The monoisotopic (exact) mass is 495 g/mol. The number of pyridine rings is 1. The summed E-state index contributed by atoms with van der Waals surface area (Å²) in [5.41, 5.74) is 3.16. The van der Waals surface area contributed by atoms with Crippen LogP contribution in [0.3, 0.4) is 0 Å². The standard InChI is InChI=1S/C24H20F3N7O2/c1-13(2)34-11-19(18-10-29-12-30-21(18)34)20(35)15-7-17(9-28-8-15)31-22(36)14-4-3-5-16(6-14)23(32-33-23)24(25,26)27/h3-13,32-33H,1-2H3,(H,31,36). The Labute approximate surface area is 202 Å². The molecule has 5 rings (SSSR count). The maximum atomic E-state index is 13.4. The zero-order chi connectivity index (χ0) is 25.7. The number of hydrogen-bond acceptors (Lipinski definition) is 7. The first-order valence-corrected chi connectivity index (χ1v) is 10.9. The Kier molecular flexibility index (Phi) is 5.57. The van der Waals surface area contributed by atoms with Crippen LogP contribution in [0.25, 0.3) is 11.0 Å². The number of nitrogens with one attached hydrogen (secondary N) is 3. The molecule has 12 heteroatoms. The first kappa shape index (κ1) is 23.6. The Bertz CT molecular complexity index is 1490. The number of ketones is 1. The van der Waals surface area contributed by atoms with E-state index in [1.54, 1.807) is 12.4 Å². The second-order valence-electron chi connectivity index (χ2n) is 8.63. The van der Waals surface area contributed by atoms with Gasteiger partial charge in [0, 0.05) is 41.1 Å². The van der Waals surface area contributed by atoms with Gasteiger partial charge in [-0.25, -0.2) is 20.8 Å². The van der Waals surface area contributed by atoms with E-state index in [1.807, 2.05) is 18.4 Å². The maximum Gasteiger partial charge on any atom is 0.426 e. The lowest BCUT2D eigenvalue weighted by atomic mass is 10.0. The van der Waals surface area contributed by atoms with Gasteiger partial charge in [-0.2, -0.15) is 13.2 Å². The van der Waals surface area contributed by atoms with Gasteiger partial charge < -0.3 is 9.88 Å². The quantitative estimate of drug-likeness (QED) is 0.274. The summed E-state index contributed by atoms with van der Waals surface area (Å²) < 4.78 is 42.0. The average molecular weight is 495 g/mol. The smallest absolute Gasteiger partial charge is 0.329 e. The third kappa shape index (κ3) is 3.99. The van der Waals surface area contributed by atoms with Crippen molar-refractivity contribution in [1.29, 1.82) is 0 Å². The summed E-state index contributed by atoms with van der Waals surface area (Å²) in [5, 5.41) is 3.18. The molecule has 1 fully saturated rings. The normalized spacial score (nSPS) is 14.7. The van der Waals surface area contributed by atoms with E-state index in [0.29, 0.717) is 16.6 Å². The van der Waals surface area contributed by atoms with E-state index in [0.717, 1.165) is 6.07 Å². The van der Waals surface area contributed by atoms with E-state index >= 15 is 0 Å². The van der Waals surface area contributed by atoms with Crippen molar-refractivity contribution in [3.05, 3.63) is 83.7 Å². The van der Waals surface area contributed by atoms with Crippen LogP contribution in [0.15, 0.2) is 61.4 Å². The van der Waals surface area contributed by atoms with Crippen molar-refractivity contribution in [3.63, 3.8) is 0 Å². The molecule has 3 N–H and O–H groups in total. The van der Waals surface area contributed by atoms with E-state index in [1.165, 1.54) is 43.0 Å². The molecular weight excluding hydrogens is 475 g/mol. The van der Waals surface area contributed by atoms with Gasteiger partial charge >= 0.3 is 6.18 Å². The van der Waals surface area contributed by atoms with E-state index in [4.69, 9.17) is 0 Å². The fourth-order valence-corrected chi connectivity index (χ4v) is 3.96. The van der Waals surface area contributed by atoms with Crippen molar-refractivity contribution in [3.8, 4) is 0 Å². The molecule has 4 heterocycles. The molecule has 36 heavy (non-hydrogen) atoms. The van der Waals surface area contributed by atoms with E-state index < -0.39 is 17.7 Å². The first-order chi connectivity index (χ1) is 17.1. The third-order valence-corrected chi connectivity index (χ3v) is 5.91. The lowest BCUT2D eigenvalue weighted by Crippen LogP contribution is -2.35. The zero-order valence-corrected chi connectivity index (χ0v) is 19.1. The van der Waals surface area contributed by atoms with Crippen LogP contribution in [-0.2, 0) is 5.66 Å². The van der Waals surface area contributed by atoms with Gasteiger partial charge in [-0.1, -0.05) is 12.1 Å². The molecule has 4 aromatic rings. The summed E-state index contributed by atoms with van der Waals surface area (Å²) in [5.74, 6) is -0.983. The largest absolute Gasteiger partial charge is 0.426 e. The molecule has 0 unspecified atom stereocenters. The molecule has 0 atom stereocenters. The van der Waals surface area contributed by atoms with Crippen molar-refractivity contribution in [2.75, 3.05) is 5.32 Å². The Morgan fingerprint density at radius 2 is 1.83 bits per heavy atom. The topological polar surface area (TPSA) is 134 Å². The van der Waals surface area contributed by atoms with E-state index in [9.17, 15) is 22.8 Å². The van der Waals surface area contributed by atoms with Crippen molar-refractivity contribution in [2.24, 2.45) is 0 Å². The van der Waals surface area contributed by atoms with Crippen molar-refractivity contribution in [2.45, 2.75) is 31.7 Å². The molecule has 1 aliphatic rings. The van der Waals surface area contributed by atoms with Gasteiger partial charge in [0.2, 0.25) is 5.66 Å². The Balaban J connectivity index is 1.40. The van der Waals surface area contributed by atoms with Gasteiger partial charge in [-0.05, 0) is 37.6 Å². The molecule has 1 aliphatic heterocycles. The fraction of sp³-hybridized carbons (Fsp3) is 0.208. The summed E-state index contributed by atoms with van der Waals surface area (Å²) >= 11 is 0. The number of aromatic nitrogens is 4. The summed E-state index contributed by atoms with van der Waals surface area (Å²) in [6, 6.07) is 6.70. The predicted molar refractivity (Wildman–Crippen MR) is 124 cm³/mol. The number of carbonyl (C=O) groups is 2. The number of anilines is 1. The average Bonchev–Trinajstić information content (AvgIpc) is 3.59. The van der Waals surface area contributed by atoms with Crippen LogP contribution in [0, 0.1) is 0 Å². The van der Waals surface area contributed by atoms with Crippen molar-refractivity contribution in [1.82, 2.24) is 30.4 Å². The number of rotatable bonds is 6. The number of hydrazine groups is 1. The number of hydrogen-bond donors (Lipinski definition) is 3. The predicted octanol–water partition coefficient (Wildman–Crippen LogP) is 3.71. The maximum absolute atomic E-state index is 13.4. The van der Waals surface area contributed by atoms with Gasteiger partial charge in [-0.15, -0.1) is 0 Å². The molecule has 3 aromatic heterocycles. The highest BCUT2D eigenvalue weighted by atomic mass is 19.4. The SMILES string of the molecule is CC(C)n1cc(C(=O)c2cncc(NC(=O)c3cccc(C4(C(F)(F)F)NN4)c3)c2)c2cncnc21. The lowest BCUT2D eigenvalue weighted by Gasteiger charge is -2.17. The minimum Gasteiger partial charge on any atom is -0.329 e. The van der Waals surface area contributed by atoms with E-state index in [-0.39, 0.29) is 34.2 Å². The lowest BCUT2D eigenvalue weighted by molar-refractivity contribution is -0.165. The molecule has 184 valence electrons. The number of carbonyl (C=O) groups excluding carboxylic acids is 2. The van der Waals surface area contributed by atoms with Gasteiger partial charge in [0.05, 0.1) is 17.4 Å². The van der Waals surface area contributed by atoms with Crippen LogP contribution in [0.1, 0.15) is 51.7 Å². The van der Waals surface area contributed by atoms with Gasteiger partial charge in [0.25, 0.3) is 5.91 Å². The van der Waals surface area contributed by atoms with Gasteiger partial charge in [-0.3, -0.25) is 14.6 Å². The number of amides is 1. The molecule has 0 bridgehead atoms. The van der Waals surface area contributed by atoms with Crippen LogP contribution >= 0.6 is 0 Å². The Hall–Kier alpha value is -4.16. The highest BCUT2D eigenvalue weighted by Gasteiger charge is 2.65. The molecule has 1 aromatic carbocycles. The highest BCUT2D eigenvalue weighted by Crippen LogP contribution is 2.42. The van der Waals surface area contributed by atoms with Crippen LogP contribution < -0.4 is 16.2 Å². The minimum atomic E-state index is -4.59. The number of nitrogens with zero attached hydrogens (tertiary/aromatic N) is 4. The minimum absolute atomic E-state index is 0.0144. The molecule has 0 radical (unpaired) electrons. The summed E-state index contributed by atoms with van der Waals surface area (Å²) in [6.45, 7) is 3.93. The molecule has 1 saturated heterocycles. The number of fused-ring (bicyclic) bond motifs is 1. The third-order valence-electron chi connectivity index (χ3n) is 5.91. The van der Waals surface area contributed by atoms with Crippen molar-refractivity contribution >= 4 is 28.4 Å². The number of alkyl halides is 3. The van der Waals surface area contributed by atoms with Crippen LogP contribution in [0.4, 0.5) is 18.9 Å². The molecular formula is C24H20F3N7O2. The summed E-state index contributed by atoms with van der Waals surface area (Å²) in [4.78, 5) is 38.5. The van der Waals surface area contributed by atoms with Gasteiger partial charge in [0.1, 0.15) is 12.0 Å². The molecule has 9 nitrogen and oxygen atoms in total. The zero-order valence-electron chi connectivity index (χ0n) is 19.1. The highest BCUT2D eigenvalue weighted by molar-refractivity contribution is 6.16. The van der Waals surface area contributed by atoms with Gasteiger partial charge in [0.15, 0.2) is 5.78 Å². The molecule has 0 aliphatic carbocycles. The summed E-state index contributed by atoms with van der Waals surface area (Å²) in [7, 11) is 0. The van der Waals surface area contributed by atoms with E-state index in [2.05, 4.69) is 31.1 Å². The molecule has 0 saturated carbocycles. The first-order valence-electron chi connectivity index (χ1n) is 10.9. The van der Waals surface area contributed by atoms with Crippen molar-refractivity contribution < 1.29 is 22.8 Å². The van der Waals surface area contributed by atoms with Crippen LogP contribution in [0.2, 0.25) is 0 Å². The van der Waals surface area contributed by atoms with Crippen LogP contribution in [0.5, 0.6) is 0 Å². The number of halogens is 3. The second-order valence-corrected chi connectivity index (χ2v) is 8.63. The Morgan fingerprint density at radius 1 is 1.06 bits per heavy atom. The molecule has 1 amide bonds. The summed E-state index contributed by atoms with van der Waals surface area (Å²) in [6.07, 6.45) is 2.81. The number of benzene rings is 1. The molecule has 0 spiro atoms. The fourth-order valence-electron chi connectivity index (χ4n) is 3.96. The van der Waals surface area contributed by atoms with Crippen LogP contribution in [-0.4, -0.2) is 37.4 Å². The Morgan fingerprint density at radius 3 is 2.53 bits per heavy atom.